The van der Waals surface area contributed by atoms with Crippen molar-refractivity contribution in [2.24, 2.45) is 0 Å². The quantitative estimate of drug-likeness (QED) is 0.869. The van der Waals surface area contributed by atoms with Crippen LogP contribution in [0.25, 0.3) is 0 Å². The third-order valence-electron chi connectivity index (χ3n) is 2.47. The molecule has 2 aromatic rings. The number of benzene rings is 2. The van der Waals surface area contributed by atoms with E-state index < -0.39 is 0 Å². The number of phenols is 1. The van der Waals surface area contributed by atoms with Gasteiger partial charge in [0.2, 0.25) is 0 Å². The molecule has 0 aromatic heterocycles. The van der Waals surface area contributed by atoms with Crippen molar-refractivity contribution in [2.45, 2.75) is 13.5 Å². The van der Waals surface area contributed by atoms with Crippen LogP contribution in [-0.2, 0) is 16.1 Å². The van der Waals surface area contributed by atoms with E-state index in [-0.39, 0.29) is 5.75 Å². The summed E-state index contributed by atoms with van der Waals surface area (Å²) in [4.78, 5) is 20.0. The van der Waals surface area contributed by atoms with E-state index in [1.165, 1.54) is 6.07 Å². The minimum Gasteiger partial charge on any atom is -0.507 e. The predicted molar refractivity (Wildman–Crippen MR) is 75.5 cm³/mol. The lowest BCUT2D eigenvalue weighted by Crippen LogP contribution is -1.88. The van der Waals surface area contributed by atoms with Crippen LogP contribution in [0.15, 0.2) is 48.5 Å². The van der Waals surface area contributed by atoms with Gasteiger partial charge in [-0.3, -0.25) is 9.59 Å². The van der Waals surface area contributed by atoms with Crippen LogP contribution < -0.4 is 0 Å². The molecule has 0 atom stereocenters. The summed E-state index contributed by atoms with van der Waals surface area (Å²) < 4.78 is 4.54. The molecule has 0 unspecified atom stereocenters. The van der Waals surface area contributed by atoms with E-state index in [4.69, 9.17) is 5.11 Å². The first-order chi connectivity index (χ1) is 9.67. The molecule has 0 saturated heterocycles. The zero-order chi connectivity index (χ0) is 14.8. The number of hydrogen-bond acceptors (Lipinski definition) is 4. The Morgan fingerprint density at radius 1 is 1.10 bits per heavy atom. The zero-order valence-corrected chi connectivity index (χ0v) is 11.2. The molecule has 0 spiro atoms. The molecule has 104 valence electrons. The van der Waals surface area contributed by atoms with Gasteiger partial charge in [-0.15, -0.1) is 0 Å². The summed E-state index contributed by atoms with van der Waals surface area (Å²) >= 11 is 0. The lowest BCUT2D eigenvalue weighted by Gasteiger charge is -1.96. The maximum absolute atomic E-state index is 10.2. The summed E-state index contributed by atoms with van der Waals surface area (Å²) in [5.74, 6) is 0.0422. The van der Waals surface area contributed by atoms with E-state index in [0.29, 0.717) is 24.9 Å². The van der Waals surface area contributed by atoms with Crippen LogP contribution in [0, 0.1) is 6.92 Å². The van der Waals surface area contributed by atoms with Crippen LogP contribution in [0.4, 0.5) is 0 Å². The highest BCUT2D eigenvalue weighted by atomic mass is 16.5. The maximum atomic E-state index is 10.2. The molecule has 20 heavy (non-hydrogen) atoms. The van der Waals surface area contributed by atoms with Gasteiger partial charge in [0.1, 0.15) is 12.4 Å². The lowest BCUT2D eigenvalue weighted by atomic mass is 10.1. The number of aromatic hydroxyl groups is 1. The van der Waals surface area contributed by atoms with Gasteiger partial charge in [-0.2, -0.15) is 0 Å². The van der Waals surface area contributed by atoms with Crippen LogP contribution in [0.3, 0.4) is 0 Å². The average Bonchev–Trinajstić information content (AvgIpc) is 2.49. The van der Waals surface area contributed by atoms with Gasteiger partial charge in [-0.05, 0) is 24.6 Å². The van der Waals surface area contributed by atoms with Crippen molar-refractivity contribution in [3.8, 4) is 5.75 Å². The van der Waals surface area contributed by atoms with Gasteiger partial charge in [-0.25, -0.2) is 0 Å². The van der Waals surface area contributed by atoms with Crippen LogP contribution in [0.2, 0.25) is 0 Å². The molecular formula is C16H16O4. The van der Waals surface area contributed by atoms with E-state index in [1.807, 2.05) is 37.3 Å². The molecule has 4 heteroatoms. The summed E-state index contributed by atoms with van der Waals surface area (Å²) in [5.41, 5.74) is 2.33. The largest absolute Gasteiger partial charge is 0.507 e. The van der Waals surface area contributed by atoms with Gasteiger partial charge in [0.25, 0.3) is 6.47 Å². The number of rotatable bonds is 4. The van der Waals surface area contributed by atoms with Crippen molar-refractivity contribution in [1.29, 1.82) is 0 Å². The van der Waals surface area contributed by atoms with Gasteiger partial charge in [0, 0.05) is 0 Å². The Kier molecular flexibility index (Phi) is 6.54. The molecular weight excluding hydrogens is 256 g/mol. The third-order valence-corrected chi connectivity index (χ3v) is 2.47. The van der Waals surface area contributed by atoms with E-state index in [0.717, 1.165) is 11.1 Å². The zero-order valence-electron chi connectivity index (χ0n) is 11.2. The fourth-order valence-corrected chi connectivity index (χ4v) is 1.47. The first kappa shape index (κ1) is 15.4. The van der Waals surface area contributed by atoms with E-state index >= 15 is 0 Å². The molecule has 0 bridgehead atoms. The van der Waals surface area contributed by atoms with Crippen molar-refractivity contribution in [3.05, 3.63) is 65.2 Å². The number of hydrogen-bond donors (Lipinski definition) is 1. The second kappa shape index (κ2) is 8.48. The Bertz CT molecular complexity index is 550. The molecule has 0 aliphatic carbocycles. The Labute approximate surface area is 117 Å². The van der Waals surface area contributed by atoms with Crippen molar-refractivity contribution < 1.29 is 19.4 Å². The second-order valence-electron chi connectivity index (χ2n) is 4.07. The highest BCUT2D eigenvalue weighted by Gasteiger charge is 1.96. The number of phenolic OH excluding ortho intramolecular Hbond substituents is 1. The summed E-state index contributed by atoms with van der Waals surface area (Å²) in [7, 11) is 0. The van der Waals surface area contributed by atoms with Crippen molar-refractivity contribution in [3.63, 3.8) is 0 Å². The first-order valence-corrected chi connectivity index (χ1v) is 6.01. The van der Waals surface area contributed by atoms with Crippen LogP contribution >= 0.6 is 0 Å². The minimum atomic E-state index is 0.0422. The minimum absolute atomic E-state index is 0.0422. The molecule has 0 fully saturated rings. The summed E-state index contributed by atoms with van der Waals surface area (Å²) in [5, 5.41) is 9.00. The molecule has 0 aliphatic rings. The molecule has 0 aliphatic heterocycles. The van der Waals surface area contributed by atoms with Gasteiger partial charge in [-0.1, -0.05) is 42.0 Å². The van der Waals surface area contributed by atoms with Gasteiger partial charge >= 0.3 is 0 Å². The number of carbonyl (C=O) groups is 2. The first-order valence-electron chi connectivity index (χ1n) is 6.01. The van der Waals surface area contributed by atoms with Crippen molar-refractivity contribution >= 4 is 12.8 Å². The number of aryl methyl sites for hydroxylation is 1. The molecule has 0 radical (unpaired) electrons. The molecule has 0 saturated carbocycles. The molecule has 1 N–H and O–H groups in total. The molecule has 2 aromatic carbocycles. The molecule has 0 heterocycles. The average molecular weight is 272 g/mol. The van der Waals surface area contributed by atoms with Crippen molar-refractivity contribution in [2.75, 3.05) is 0 Å². The van der Waals surface area contributed by atoms with Crippen LogP contribution in [0.1, 0.15) is 21.5 Å². The Hall–Kier alpha value is -2.62. The topological polar surface area (TPSA) is 63.6 Å². The summed E-state index contributed by atoms with van der Waals surface area (Å²) in [6.07, 6.45) is 0.641. The van der Waals surface area contributed by atoms with Gasteiger partial charge in [0.05, 0.1) is 5.56 Å². The highest BCUT2D eigenvalue weighted by molar-refractivity contribution is 5.79. The SMILES string of the molecule is Cc1ccc(O)c(C=O)c1.O=COCc1ccccc1. The maximum Gasteiger partial charge on any atom is 0.293 e. The fraction of sp³-hybridized carbons (Fsp3) is 0.125. The van der Waals surface area contributed by atoms with E-state index in [9.17, 15) is 9.59 Å². The van der Waals surface area contributed by atoms with E-state index in [2.05, 4.69) is 4.74 Å². The number of aldehydes is 1. The lowest BCUT2D eigenvalue weighted by molar-refractivity contribution is -0.129. The Balaban J connectivity index is 0.000000200. The van der Waals surface area contributed by atoms with Crippen molar-refractivity contribution in [1.82, 2.24) is 0 Å². The third kappa shape index (κ3) is 5.35. The summed E-state index contributed by atoms with van der Waals surface area (Å²) in [6.45, 7) is 2.68. The number of carbonyl (C=O) groups excluding carboxylic acids is 2. The normalized spacial score (nSPS) is 9.05. The van der Waals surface area contributed by atoms with Gasteiger partial charge in [0.15, 0.2) is 6.29 Å². The van der Waals surface area contributed by atoms with Crippen LogP contribution in [-0.4, -0.2) is 17.9 Å². The monoisotopic (exact) mass is 272 g/mol. The summed E-state index contributed by atoms with van der Waals surface area (Å²) in [6, 6.07) is 14.5. The molecule has 2 rings (SSSR count). The number of ether oxygens (including phenoxy) is 1. The fourth-order valence-electron chi connectivity index (χ4n) is 1.47. The Morgan fingerprint density at radius 3 is 2.35 bits per heavy atom. The highest BCUT2D eigenvalue weighted by Crippen LogP contribution is 2.15. The second-order valence-corrected chi connectivity index (χ2v) is 4.07. The van der Waals surface area contributed by atoms with Gasteiger partial charge < -0.3 is 9.84 Å². The van der Waals surface area contributed by atoms with Crippen LogP contribution in [0.5, 0.6) is 5.75 Å². The smallest absolute Gasteiger partial charge is 0.293 e. The Morgan fingerprint density at radius 2 is 1.80 bits per heavy atom. The molecule has 0 amide bonds. The van der Waals surface area contributed by atoms with E-state index in [1.54, 1.807) is 12.1 Å². The predicted octanol–water partition coefficient (Wildman–Crippen LogP) is 2.87. The molecule has 4 nitrogen and oxygen atoms in total. The standard InChI is InChI=1S/2C8H8O2/c1-6-2-3-8(10)7(4-6)5-9;9-7-10-6-8-4-2-1-3-5-8/h2-5,10H,1H3;1-5,7H,6H2.